The Labute approximate surface area is 139 Å². The van der Waals surface area contributed by atoms with Gasteiger partial charge in [-0.15, -0.1) is 0 Å². The van der Waals surface area contributed by atoms with Gasteiger partial charge in [-0.3, -0.25) is 4.79 Å². The van der Waals surface area contributed by atoms with Gasteiger partial charge in [0.05, 0.1) is 5.56 Å². The molecule has 0 saturated carbocycles. The number of rotatable bonds is 2. The highest BCUT2D eigenvalue weighted by atomic mass is 127. The minimum absolute atomic E-state index is 0.207. The fourth-order valence-corrected chi connectivity index (χ4v) is 2.74. The van der Waals surface area contributed by atoms with Crippen LogP contribution in [0.5, 0.6) is 0 Å². The van der Waals surface area contributed by atoms with Crippen molar-refractivity contribution in [1.82, 2.24) is 4.98 Å². The molecule has 21 heavy (non-hydrogen) atoms. The van der Waals surface area contributed by atoms with Gasteiger partial charge in [0.2, 0.25) is 0 Å². The van der Waals surface area contributed by atoms with E-state index in [1.54, 1.807) is 37.3 Å². The number of fused-ring (bicyclic) bond motifs is 1. The molecule has 1 amide bonds. The van der Waals surface area contributed by atoms with Crippen molar-refractivity contribution in [1.29, 1.82) is 0 Å². The monoisotopic (exact) mass is 412 g/mol. The third kappa shape index (κ3) is 3.03. The number of benzene rings is 2. The molecule has 1 aromatic heterocycles. The average Bonchev–Trinajstić information content (AvgIpc) is 2.80. The van der Waals surface area contributed by atoms with Crippen LogP contribution in [0.25, 0.3) is 11.1 Å². The molecule has 0 aliphatic rings. The van der Waals surface area contributed by atoms with E-state index >= 15 is 0 Å². The molecule has 4 nitrogen and oxygen atoms in total. The molecule has 0 fully saturated rings. The van der Waals surface area contributed by atoms with Crippen LogP contribution in [0.2, 0.25) is 5.02 Å². The fraction of sp³-hybridized carbons (Fsp3) is 0.0667. The van der Waals surface area contributed by atoms with Crippen LogP contribution in [0.15, 0.2) is 40.8 Å². The number of carbonyl (C=O) groups excluding carboxylic acids is 1. The summed E-state index contributed by atoms with van der Waals surface area (Å²) in [6.45, 7) is 1.78. The molecule has 3 aromatic rings. The van der Waals surface area contributed by atoms with Crippen molar-refractivity contribution in [3.05, 3.63) is 56.4 Å². The van der Waals surface area contributed by atoms with Gasteiger partial charge in [-0.05, 0) is 59.0 Å². The molecule has 0 aliphatic carbocycles. The number of hydrogen-bond donors (Lipinski definition) is 1. The Morgan fingerprint density at radius 1 is 1.29 bits per heavy atom. The number of anilines is 1. The van der Waals surface area contributed by atoms with Gasteiger partial charge in [0, 0.05) is 21.2 Å². The third-order valence-electron chi connectivity index (χ3n) is 2.93. The van der Waals surface area contributed by atoms with Gasteiger partial charge in [0.25, 0.3) is 5.91 Å². The molecule has 0 spiro atoms. The summed E-state index contributed by atoms with van der Waals surface area (Å²) in [5, 5.41) is 3.37. The fourth-order valence-electron chi connectivity index (χ4n) is 1.99. The molecule has 6 heteroatoms. The highest BCUT2D eigenvalue weighted by Crippen LogP contribution is 2.22. The Morgan fingerprint density at radius 2 is 2.10 bits per heavy atom. The van der Waals surface area contributed by atoms with Crippen LogP contribution in [0.3, 0.4) is 0 Å². The number of carbonyl (C=O) groups is 1. The predicted octanol–water partition coefficient (Wildman–Crippen LogP) is 4.65. The molecule has 0 atom stereocenters. The molecule has 0 radical (unpaired) electrons. The maximum Gasteiger partial charge on any atom is 0.256 e. The Bertz CT molecular complexity index is 845. The van der Waals surface area contributed by atoms with Crippen molar-refractivity contribution in [3.63, 3.8) is 0 Å². The van der Waals surface area contributed by atoms with E-state index in [1.807, 2.05) is 6.07 Å². The minimum Gasteiger partial charge on any atom is -0.441 e. The summed E-state index contributed by atoms with van der Waals surface area (Å²) in [6.07, 6.45) is 0. The Balaban J connectivity index is 1.90. The van der Waals surface area contributed by atoms with Crippen molar-refractivity contribution in [2.24, 2.45) is 0 Å². The van der Waals surface area contributed by atoms with Gasteiger partial charge in [-0.2, -0.15) is 0 Å². The van der Waals surface area contributed by atoms with Gasteiger partial charge >= 0.3 is 0 Å². The topological polar surface area (TPSA) is 55.1 Å². The first kappa shape index (κ1) is 14.3. The molecule has 106 valence electrons. The SMILES string of the molecule is Cc1nc2cc(NC(=O)c3cc(Cl)ccc3I)ccc2o1. The van der Waals surface area contributed by atoms with Gasteiger partial charge in [-0.25, -0.2) is 4.98 Å². The predicted molar refractivity (Wildman–Crippen MR) is 90.9 cm³/mol. The zero-order valence-electron chi connectivity index (χ0n) is 11.0. The summed E-state index contributed by atoms with van der Waals surface area (Å²) in [7, 11) is 0. The number of hydrogen-bond acceptors (Lipinski definition) is 3. The first-order chi connectivity index (χ1) is 10.0. The van der Waals surface area contributed by atoms with Gasteiger partial charge in [0.15, 0.2) is 11.5 Å². The lowest BCUT2D eigenvalue weighted by molar-refractivity contribution is 0.102. The number of amides is 1. The lowest BCUT2D eigenvalue weighted by atomic mass is 10.2. The molecule has 1 heterocycles. The molecule has 3 rings (SSSR count). The number of nitrogens with zero attached hydrogens (tertiary/aromatic N) is 1. The molecule has 0 saturated heterocycles. The Kier molecular flexibility index (Phi) is 3.86. The zero-order chi connectivity index (χ0) is 15.0. The van der Waals surface area contributed by atoms with E-state index in [-0.39, 0.29) is 5.91 Å². The van der Waals surface area contributed by atoms with E-state index in [9.17, 15) is 4.79 Å². The van der Waals surface area contributed by atoms with E-state index in [1.165, 1.54) is 0 Å². The second-order valence-corrected chi connectivity index (χ2v) is 6.09. The van der Waals surface area contributed by atoms with Gasteiger partial charge < -0.3 is 9.73 Å². The van der Waals surface area contributed by atoms with Crippen LogP contribution in [0.4, 0.5) is 5.69 Å². The molecular weight excluding hydrogens is 403 g/mol. The molecule has 2 aromatic carbocycles. The largest absolute Gasteiger partial charge is 0.441 e. The number of nitrogens with one attached hydrogen (secondary N) is 1. The number of aryl methyl sites for hydroxylation is 1. The molecule has 1 N–H and O–H groups in total. The smallest absolute Gasteiger partial charge is 0.256 e. The normalized spacial score (nSPS) is 10.8. The van der Waals surface area contributed by atoms with Crippen LogP contribution < -0.4 is 5.32 Å². The molecular formula is C15H10ClIN2O2. The maximum absolute atomic E-state index is 12.3. The van der Waals surface area contributed by atoms with Crippen molar-refractivity contribution >= 4 is 56.9 Å². The molecule has 0 bridgehead atoms. The first-order valence-corrected chi connectivity index (χ1v) is 7.62. The lowest BCUT2D eigenvalue weighted by Gasteiger charge is -2.07. The van der Waals surface area contributed by atoms with Crippen molar-refractivity contribution < 1.29 is 9.21 Å². The summed E-state index contributed by atoms with van der Waals surface area (Å²) < 4.78 is 6.25. The van der Waals surface area contributed by atoms with Gasteiger partial charge in [-0.1, -0.05) is 11.6 Å². The van der Waals surface area contributed by atoms with Crippen molar-refractivity contribution in [2.75, 3.05) is 5.32 Å². The second-order valence-electron chi connectivity index (χ2n) is 4.49. The number of halogens is 2. The average molecular weight is 413 g/mol. The van der Waals surface area contributed by atoms with E-state index < -0.39 is 0 Å². The Morgan fingerprint density at radius 3 is 2.90 bits per heavy atom. The summed E-state index contributed by atoms with van der Waals surface area (Å²) in [4.78, 5) is 16.6. The van der Waals surface area contributed by atoms with Crippen LogP contribution in [-0.4, -0.2) is 10.9 Å². The number of oxazole rings is 1. The summed E-state index contributed by atoms with van der Waals surface area (Å²) in [6, 6.07) is 10.6. The highest BCUT2D eigenvalue weighted by molar-refractivity contribution is 14.1. The van der Waals surface area contributed by atoms with Crippen LogP contribution in [0, 0.1) is 10.5 Å². The Hall–Kier alpha value is -1.60. The quantitative estimate of drug-likeness (QED) is 0.624. The molecule has 0 unspecified atom stereocenters. The minimum atomic E-state index is -0.207. The second kappa shape index (κ2) is 5.65. The van der Waals surface area contributed by atoms with E-state index in [4.69, 9.17) is 16.0 Å². The highest BCUT2D eigenvalue weighted by Gasteiger charge is 2.12. The van der Waals surface area contributed by atoms with Crippen LogP contribution in [0.1, 0.15) is 16.2 Å². The lowest BCUT2D eigenvalue weighted by Crippen LogP contribution is -2.13. The van der Waals surface area contributed by atoms with Crippen molar-refractivity contribution in [2.45, 2.75) is 6.92 Å². The summed E-state index contributed by atoms with van der Waals surface area (Å²) in [5.41, 5.74) is 2.62. The summed E-state index contributed by atoms with van der Waals surface area (Å²) >= 11 is 8.04. The zero-order valence-corrected chi connectivity index (χ0v) is 13.9. The van der Waals surface area contributed by atoms with E-state index in [0.29, 0.717) is 33.3 Å². The van der Waals surface area contributed by atoms with Crippen molar-refractivity contribution in [3.8, 4) is 0 Å². The standard InChI is InChI=1S/C15H10ClIN2O2/c1-8-18-13-7-10(3-5-14(13)21-8)19-15(20)11-6-9(16)2-4-12(11)17/h2-7H,1H3,(H,19,20). The third-order valence-corrected chi connectivity index (χ3v) is 4.10. The first-order valence-electron chi connectivity index (χ1n) is 6.16. The maximum atomic E-state index is 12.3. The van der Waals surface area contributed by atoms with Gasteiger partial charge in [0.1, 0.15) is 5.52 Å². The molecule has 0 aliphatic heterocycles. The van der Waals surface area contributed by atoms with Crippen LogP contribution >= 0.6 is 34.2 Å². The van der Waals surface area contributed by atoms with E-state index in [0.717, 1.165) is 3.57 Å². The summed E-state index contributed by atoms with van der Waals surface area (Å²) in [5.74, 6) is 0.388. The van der Waals surface area contributed by atoms with E-state index in [2.05, 4.69) is 32.9 Å². The number of aromatic nitrogens is 1. The van der Waals surface area contributed by atoms with Crippen LogP contribution in [-0.2, 0) is 0 Å².